The minimum Gasteiger partial charge on any atom is -0.373 e. The van der Waals surface area contributed by atoms with Crippen molar-refractivity contribution in [3.63, 3.8) is 0 Å². The van der Waals surface area contributed by atoms with E-state index in [0.717, 1.165) is 0 Å². The Hall–Kier alpha value is -1.42. The van der Waals surface area contributed by atoms with E-state index >= 15 is 0 Å². The lowest BCUT2D eigenvalue weighted by Crippen LogP contribution is -2.12. The molecule has 4 nitrogen and oxygen atoms in total. The first-order chi connectivity index (χ1) is 5.33. The lowest BCUT2D eigenvalue weighted by molar-refractivity contribution is -0.143. The van der Waals surface area contributed by atoms with Crippen molar-refractivity contribution in [2.24, 2.45) is 5.90 Å². The number of rotatable bonds is 2. The highest BCUT2D eigenvalue weighted by atomic mass is 16.7. The van der Waals surface area contributed by atoms with E-state index < -0.39 is 5.97 Å². The zero-order chi connectivity index (χ0) is 8.10. The van der Waals surface area contributed by atoms with Gasteiger partial charge in [-0.05, 0) is 12.1 Å². The molecule has 58 valence electrons. The Morgan fingerprint density at radius 2 is 2.45 bits per heavy atom. The fourth-order valence-corrected chi connectivity index (χ4v) is 0.692. The fourth-order valence-electron chi connectivity index (χ4n) is 0.692. The van der Waals surface area contributed by atoms with E-state index in [4.69, 9.17) is 0 Å². The van der Waals surface area contributed by atoms with Gasteiger partial charge in [0.05, 0.1) is 12.1 Å². The van der Waals surface area contributed by atoms with Crippen LogP contribution in [-0.4, -0.2) is 11.0 Å². The molecule has 0 spiro atoms. The summed E-state index contributed by atoms with van der Waals surface area (Å²) in [5.74, 6) is 4.16. The molecular formula is C7H8N2O2. The highest BCUT2D eigenvalue weighted by Gasteiger charge is 2.02. The second-order valence-electron chi connectivity index (χ2n) is 1.99. The van der Waals surface area contributed by atoms with Gasteiger partial charge < -0.3 is 4.84 Å². The average Bonchev–Trinajstić information content (AvgIpc) is 2.06. The number of aromatic nitrogens is 1. The predicted octanol–water partition coefficient (Wildman–Crippen LogP) is 0.0410. The maximum atomic E-state index is 10.6. The molecule has 0 aliphatic carbocycles. The monoisotopic (exact) mass is 152 g/mol. The molecule has 11 heavy (non-hydrogen) atoms. The summed E-state index contributed by atoms with van der Waals surface area (Å²) in [6.45, 7) is 0. The molecule has 0 fully saturated rings. The van der Waals surface area contributed by atoms with Crippen LogP contribution in [0.4, 0.5) is 0 Å². The van der Waals surface area contributed by atoms with Crippen molar-refractivity contribution in [3.8, 4) is 0 Å². The average molecular weight is 152 g/mol. The quantitative estimate of drug-likeness (QED) is 0.608. The van der Waals surface area contributed by atoms with E-state index in [1.165, 1.54) is 0 Å². The van der Waals surface area contributed by atoms with Crippen LogP contribution in [-0.2, 0) is 16.1 Å². The third-order valence-electron chi connectivity index (χ3n) is 1.18. The van der Waals surface area contributed by atoms with Crippen molar-refractivity contribution >= 4 is 5.97 Å². The molecule has 0 radical (unpaired) electrons. The molecule has 0 aliphatic rings. The van der Waals surface area contributed by atoms with Crippen LogP contribution in [0.3, 0.4) is 0 Å². The van der Waals surface area contributed by atoms with Crippen LogP contribution in [0.2, 0.25) is 0 Å². The van der Waals surface area contributed by atoms with Gasteiger partial charge in [0.2, 0.25) is 0 Å². The second kappa shape index (κ2) is 3.68. The van der Waals surface area contributed by atoms with E-state index in [9.17, 15) is 4.79 Å². The first-order valence-corrected chi connectivity index (χ1v) is 3.12. The van der Waals surface area contributed by atoms with Gasteiger partial charge >= 0.3 is 5.97 Å². The van der Waals surface area contributed by atoms with Gasteiger partial charge in [-0.15, -0.1) is 0 Å². The number of hydrogen-bond acceptors (Lipinski definition) is 4. The normalized spacial score (nSPS) is 9.18. The summed E-state index contributed by atoms with van der Waals surface area (Å²) in [7, 11) is 0. The zero-order valence-electron chi connectivity index (χ0n) is 5.86. The van der Waals surface area contributed by atoms with Crippen LogP contribution in [0.25, 0.3) is 0 Å². The van der Waals surface area contributed by atoms with E-state index in [0.29, 0.717) is 5.69 Å². The summed E-state index contributed by atoms with van der Waals surface area (Å²) < 4.78 is 0. The Morgan fingerprint density at radius 3 is 3.00 bits per heavy atom. The number of nitrogens with zero attached hydrogens (tertiary/aromatic N) is 1. The molecule has 4 heteroatoms. The van der Waals surface area contributed by atoms with Crippen molar-refractivity contribution < 1.29 is 9.63 Å². The molecule has 1 heterocycles. The van der Waals surface area contributed by atoms with Gasteiger partial charge in [0, 0.05) is 6.20 Å². The van der Waals surface area contributed by atoms with E-state index in [-0.39, 0.29) is 6.42 Å². The number of carbonyl (C=O) groups is 1. The number of nitrogens with two attached hydrogens (primary N) is 1. The summed E-state index contributed by atoms with van der Waals surface area (Å²) in [5, 5.41) is 0. The second-order valence-corrected chi connectivity index (χ2v) is 1.99. The minimum absolute atomic E-state index is 0.122. The third kappa shape index (κ3) is 2.35. The molecule has 0 saturated heterocycles. The Morgan fingerprint density at radius 1 is 1.64 bits per heavy atom. The van der Waals surface area contributed by atoms with Gasteiger partial charge in [-0.3, -0.25) is 4.98 Å². The molecule has 1 aromatic heterocycles. The lowest BCUT2D eigenvalue weighted by Gasteiger charge is -1.95. The fraction of sp³-hybridized carbons (Fsp3) is 0.143. The van der Waals surface area contributed by atoms with E-state index in [2.05, 4.69) is 15.7 Å². The smallest absolute Gasteiger partial charge is 0.330 e. The van der Waals surface area contributed by atoms with E-state index in [1.807, 2.05) is 0 Å². The van der Waals surface area contributed by atoms with Crippen LogP contribution < -0.4 is 5.90 Å². The molecule has 1 rings (SSSR count). The highest BCUT2D eigenvalue weighted by Crippen LogP contribution is 1.94. The topological polar surface area (TPSA) is 65.2 Å². The maximum absolute atomic E-state index is 10.6. The summed E-state index contributed by atoms with van der Waals surface area (Å²) in [4.78, 5) is 18.5. The molecule has 1 aromatic rings. The first-order valence-electron chi connectivity index (χ1n) is 3.12. The van der Waals surface area contributed by atoms with Gasteiger partial charge in [-0.1, -0.05) is 6.07 Å². The van der Waals surface area contributed by atoms with E-state index in [1.54, 1.807) is 24.4 Å². The summed E-state index contributed by atoms with van der Waals surface area (Å²) in [6.07, 6.45) is 1.73. The molecule has 2 N–H and O–H groups in total. The molecule has 0 saturated carbocycles. The van der Waals surface area contributed by atoms with Crippen LogP contribution in [0.5, 0.6) is 0 Å². The zero-order valence-corrected chi connectivity index (χ0v) is 5.86. The molecular weight excluding hydrogens is 144 g/mol. The molecule has 0 aliphatic heterocycles. The highest BCUT2D eigenvalue weighted by molar-refractivity contribution is 5.71. The Labute approximate surface area is 63.9 Å². The van der Waals surface area contributed by atoms with Crippen molar-refractivity contribution in [3.05, 3.63) is 30.1 Å². The first kappa shape index (κ1) is 7.68. The van der Waals surface area contributed by atoms with Crippen molar-refractivity contribution in [1.82, 2.24) is 4.98 Å². The minimum atomic E-state index is -0.483. The lowest BCUT2D eigenvalue weighted by atomic mass is 10.3. The summed E-state index contributed by atoms with van der Waals surface area (Å²) in [5.41, 5.74) is 0.656. The van der Waals surface area contributed by atoms with Crippen molar-refractivity contribution in [2.45, 2.75) is 6.42 Å². The molecule has 0 aromatic carbocycles. The van der Waals surface area contributed by atoms with Gasteiger partial charge in [-0.25, -0.2) is 4.79 Å². The summed E-state index contributed by atoms with van der Waals surface area (Å²) in [6, 6.07) is 5.31. The number of hydrogen-bond donors (Lipinski definition) is 1. The third-order valence-corrected chi connectivity index (χ3v) is 1.18. The van der Waals surface area contributed by atoms with Crippen LogP contribution >= 0.6 is 0 Å². The SMILES string of the molecule is NOC(=O)Cc1ccccn1. The largest absolute Gasteiger partial charge is 0.373 e. The molecule has 0 unspecified atom stereocenters. The molecule has 0 bridgehead atoms. The van der Waals surface area contributed by atoms with Gasteiger partial charge in [0.1, 0.15) is 0 Å². The van der Waals surface area contributed by atoms with Crippen molar-refractivity contribution in [1.29, 1.82) is 0 Å². The molecule has 0 atom stereocenters. The van der Waals surface area contributed by atoms with Crippen LogP contribution in [0.15, 0.2) is 24.4 Å². The van der Waals surface area contributed by atoms with Crippen molar-refractivity contribution in [2.75, 3.05) is 0 Å². The molecule has 0 amide bonds. The van der Waals surface area contributed by atoms with Gasteiger partial charge in [-0.2, -0.15) is 5.90 Å². The maximum Gasteiger partial charge on any atom is 0.330 e. The Bertz CT molecular complexity index is 235. The van der Waals surface area contributed by atoms with Gasteiger partial charge in [0.25, 0.3) is 0 Å². The standard InChI is InChI=1S/C7H8N2O2/c8-11-7(10)5-6-3-1-2-4-9-6/h1-4H,5,8H2. The predicted molar refractivity (Wildman–Crippen MR) is 38.2 cm³/mol. The number of pyridine rings is 1. The Kier molecular flexibility index (Phi) is 2.57. The number of carbonyl (C=O) groups excluding carboxylic acids is 1. The Balaban J connectivity index is 2.58. The van der Waals surface area contributed by atoms with Crippen LogP contribution in [0.1, 0.15) is 5.69 Å². The summed E-state index contributed by atoms with van der Waals surface area (Å²) >= 11 is 0. The van der Waals surface area contributed by atoms with Gasteiger partial charge in [0.15, 0.2) is 0 Å². The van der Waals surface area contributed by atoms with Crippen LogP contribution in [0, 0.1) is 0 Å².